The van der Waals surface area contributed by atoms with Gasteiger partial charge in [-0.05, 0) is 46.5 Å². The number of aromatic nitrogens is 2. The number of ether oxygens (including phenoxy) is 1. The molecule has 0 amide bonds. The van der Waals surface area contributed by atoms with E-state index in [0.717, 1.165) is 60.4 Å². The minimum atomic E-state index is -0.147. The molecule has 6 heteroatoms. The third kappa shape index (κ3) is 5.03. The average Bonchev–Trinajstić information content (AvgIpc) is 3.51. The number of nitrogens with zero attached hydrogens (tertiary/aromatic N) is 2. The molecular weight excluding hydrogens is 720 g/mol. The van der Waals surface area contributed by atoms with E-state index < -0.39 is 0 Å². The van der Waals surface area contributed by atoms with Crippen molar-refractivity contribution in [2.24, 2.45) is 0 Å². The Morgan fingerprint density at radius 3 is 2.33 bits per heavy atom. The van der Waals surface area contributed by atoms with Crippen LogP contribution in [0, 0.1) is 12.1 Å². The van der Waals surface area contributed by atoms with E-state index in [9.17, 15) is 0 Å². The normalized spacial score (nSPS) is 12.3. The number of hydrogen-bond acceptors (Lipinski definition) is 5. The molecule has 0 atom stereocenters. The minimum absolute atomic E-state index is 0. The number of thiophene rings is 1. The van der Waals surface area contributed by atoms with Crippen LogP contribution in [-0.2, 0) is 31.9 Å². The number of rotatable bonds is 4. The first-order valence-electron chi connectivity index (χ1n) is 13.8. The Labute approximate surface area is 264 Å². The van der Waals surface area contributed by atoms with Gasteiger partial charge in [-0.2, -0.15) is 0 Å². The summed E-state index contributed by atoms with van der Waals surface area (Å²) in [5, 5.41) is 2.26. The quantitative estimate of drug-likeness (QED) is 0.168. The van der Waals surface area contributed by atoms with Crippen LogP contribution >= 0.6 is 11.3 Å². The Morgan fingerprint density at radius 1 is 0.762 bits per heavy atom. The zero-order chi connectivity index (χ0) is 28.5. The predicted octanol–water partition coefficient (Wildman–Crippen LogP) is 10.3. The standard InChI is InChI=1S/C36H30N2O2S.Pt/c1-35(2,3)23-16-22(27-20-30-33-32-28(40-30)11-9-12-31(32)41-34(33)38-27)17-24(19-23)39-29-18-21(26-10-7-8-15-37-26)13-14-25(29)36(4,5)6;/h7-16,19-20H,1-6H3;/q-2;+2. The van der Waals surface area contributed by atoms with E-state index in [0.29, 0.717) is 11.5 Å². The molecule has 3 aromatic carbocycles. The van der Waals surface area contributed by atoms with E-state index in [-0.39, 0.29) is 31.9 Å². The summed E-state index contributed by atoms with van der Waals surface area (Å²) in [6, 6.07) is 29.6. The molecule has 4 heterocycles. The topological polar surface area (TPSA) is 48.2 Å². The third-order valence-corrected chi connectivity index (χ3v) is 8.52. The Balaban J connectivity index is 0.00000316. The van der Waals surface area contributed by atoms with Gasteiger partial charge in [-0.25, -0.2) is 0 Å². The van der Waals surface area contributed by atoms with Gasteiger partial charge in [-0.15, -0.1) is 46.2 Å². The molecule has 7 aromatic rings. The first-order chi connectivity index (χ1) is 19.5. The zero-order valence-electron chi connectivity index (χ0n) is 24.4. The van der Waals surface area contributed by atoms with Gasteiger partial charge in [0.2, 0.25) is 0 Å². The predicted molar refractivity (Wildman–Crippen MR) is 168 cm³/mol. The molecule has 0 aliphatic carbocycles. The summed E-state index contributed by atoms with van der Waals surface area (Å²) in [7, 11) is 0. The second-order valence-electron chi connectivity index (χ2n) is 12.6. The van der Waals surface area contributed by atoms with Crippen molar-refractivity contribution in [2.45, 2.75) is 52.4 Å². The maximum atomic E-state index is 6.68. The fourth-order valence-electron chi connectivity index (χ4n) is 5.27. The molecule has 0 spiro atoms. The van der Waals surface area contributed by atoms with Crippen molar-refractivity contribution >= 4 is 42.8 Å². The van der Waals surface area contributed by atoms with Crippen LogP contribution in [0.3, 0.4) is 0 Å². The van der Waals surface area contributed by atoms with Crippen LogP contribution in [0.15, 0.2) is 77.3 Å². The largest absolute Gasteiger partial charge is 2.00 e. The fourth-order valence-corrected chi connectivity index (χ4v) is 6.38. The molecule has 0 radical (unpaired) electrons. The van der Waals surface area contributed by atoms with Crippen molar-refractivity contribution in [3.8, 4) is 34.0 Å². The Bertz CT molecular complexity index is 1990. The van der Waals surface area contributed by atoms with Gasteiger partial charge in [-0.1, -0.05) is 83.5 Å². The molecule has 212 valence electrons. The van der Waals surface area contributed by atoms with Gasteiger partial charge in [0.1, 0.15) is 16.0 Å². The number of pyridine rings is 2. The SMILES string of the molecule is CC(C)(C)c1cc(Oc2[c-]c(-c3ccccn3)ccc2C(C)(C)C)[c-]c(-c2cc3oc4cccc5sc(n2)c3c45)c1.[Pt+2]. The second-order valence-corrected chi connectivity index (χ2v) is 13.6. The van der Waals surface area contributed by atoms with Gasteiger partial charge in [-0.3, -0.25) is 4.98 Å². The number of furan rings is 1. The average molecular weight is 750 g/mol. The van der Waals surface area contributed by atoms with Crippen molar-refractivity contribution in [1.29, 1.82) is 0 Å². The van der Waals surface area contributed by atoms with E-state index >= 15 is 0 Å². The van der Waals surface area contributed by atoms with Crippen LogP contribution in [0.5, 0.6) is 11.5 Å². The molecule has 0 fully saturated rings. The first kappa shape index (κ1) is 28.6. The van der Waals surface area contributed by atoms with Gasteiger partial charge in [0, 0.05) is 27.8 Å². The monoisotopic (exact) mass is 749 g/mol. The molecule has 0 unspecified atom stereocenters. The summed E-state index contributed by atoms with van der Waals surface area (Å²) in [5.74, 6) is 1.30. The maximum Gasteiger partial charge on any atom is 2.00 e. The van der Waals surface area contributed by atoms with Crippen LogP contribution < -0.4 is 4.74 Å². The Hall–Kier alpha value is -3.53. The van der Waals surface area contributed by atoms with E-state index in [1.807, 2.05) is 36.4 Å². The molecule has 0 aliphatic heterocycles. The summed E-state index contributed by atoms with van der Waals surface area (Å²) in [5.41, 5.74) is 7.11. The molecule has 0 N–H and O–H groups in total. The molecule has 0 saturated carbocycles. The van der Waals surface area contributed by atoms with Crippen LogP contribution in [0.25, 0.3) is 54.0 Å². The van der Waals surface area contributed by atoms with Crippen molar-refractivity contribution in [3.05, 3.63) is 96.2 Å². The summed E-state index contributed by atoms with van der Waals surface area (Å²) in [6.45, 7) is 13.2. The van der Waals surface area contributed by atoms with Gasteiger partial charge in [0.25, 0.3) is 0 Å². The van der Waals surface area contributed by atoms with E-state index in [2.05, 4.69) is 89.0 Å². The molecule has 4 nitrogen and oxygen atoms in total. The summed E-state index contributed by atoms with van der Waals surface area (Å²) in [6.07, 6.45) is 1.80. The van der Waals surface area contributed by atoms with Crippen LogP contribution in [-0.4, -0.2) is 9.97 Å². The minimum Gasteiger partial charge on any atom is -0.496 e. The number of benzene rings is 3. The molecule has 0 saturated heterocycles. The third-order valence-electron chi connectivity index (χ3n) is 7.47. The van der Waals surface area contributed by atoms with Gasteiger partial charge in [0.15, 0.2) is 0 Å². The summed E-state index contributed by atoms with van der Waals surface area (Å²) in [4.78, 5) is 10.6. The van der Waals surface area contributed by atoms with Gasteiger partial charge >= 0.3 is 21.1 Å². The van der Waals surface area contributed by atoms with E-state index in [4.69, 9.17) is 14.1 Å². The molecule has 0 bridgehead atoms. The zero-order valence-corrected chi connectivity index (χ0v) is 27.5. The first-order valence-corrected chi connectivity index (χ1v) is 14.6. The Morgan fingerprint density at radius 2 is 1.60 bits per heavy atom. The van der Waals surface area contributed by atoms with Gasteiger partial charge < -0.3 is 14.1 Å². The maximum absolute atomic E-state index is 6.68. The van der Waals surface area contributed by atoms with Crippen molar-refractivity contribution in [3.63, 3.8) is 0 Å². The van der Waals surface area contributed by atoms with Crippen molar-refractivity contribution in [1.82, 2.24) is 9.97 Å². The molecular formula is C36H30N2O2PtS. The molecule has 0 aliphatic rings. The van der Waals surface area contributed by atoms with Crippen LogP contribution in [0.1, 0.15) is 52.7 Å². The van der Waals surface area contributed by atoms with E-state index in [1.165, 1.54) is 4.70 Å². The number of hydrogen-bond donors (Lipinski definition) is 0. The second kappa shape index (κ2) is 10.3. The van der Waals surface area contributed by atoms with Gasteiger partial charge in [0.05, 0.1) is 5.39 Å². The summed E-state index contributed by atoms with van der Waals surface area (Å²) < 4.78 is 14.1. The Kier molecular flexibility index (Phi) is 7.03. The van der Waals surface area contributed by atoms with E-state index in [1.54, 1.807) is 17.5 Å². The van der Waals surface area contributed by atoms with Crippen molar-refractivity contribution in [2.75, 3.05) is 0 Å². The molecule has 42 heavy (non-hydrogen) atoms. The van der Waals surface area contributed by atoms with Crippen molar-refractivity contribution < 1.29 is 30.2 Å². The fraction of sp³-hybridized carbons (Fsp3) is 0.222. The molecule has 7 rings (SSSR count). The smallest absolute Gasteiger partial charge is 0.496 e. The summed E-state index contributed by atoms with van der Waals surface area (Å²) >= 11 is 1.70. The molecule has 4 aromatic heterocycles. The van der Waals surface area contributed by atoms with Crippen LogP contribution in [0.4, 0.5) is 0 Å². The van der Waals surface area contributed by atoms with Crippen LogP contribution in [0.2, 0.25) is 0 Å².